The molecule has 11 heteroatoms. The molecule has 0 aliphatic heterocycles. The predicted octanol–water partition coefficient (Wildman–Crippen LogP) is 2.01. The van der Waals surface area contributed by atoms with Crippen molar-refractivity contribution in [2.75, 3.05) is 4.72 Å². The number of nitro groups is 1. The highest BCUT2D eigenvalue weighted by molar-refractivity contribution is 9.11. The smallest absolute Gasteiger partial charge is 0.358 e. The molecular weight excluding hydrogens is 360 g/mol. The summed E-state index contributed by atoms with van der Waals surface area (Å²) < 4.78 is 26.8. The van der Waals surface area contributed by atoms with Crippen LogP contribution in [0.25, 0.3) is 0 Å². The van der Waals surface area contributed by atoms with E-state index in [1.807, 2.05) is 0 Å². The van der Waals surface area contributed by atoms with E-state index in [2.05, 4.69) is 30.6 Å². The Kier molecular flexibility index (Phi) is 3.78. The van der Waals surface area contributed by atoms with Crippen molar-refractivity contribution < 1.29 is 13.3 Å². The van der Waals surface area contributed by atoms with Crippen molar-refractivity contribution in [2.45, 2.75) is 4.90 Å². The molecule has 0 aromatic carbocycles. The van der Waals surface area contributed by atoms with Crippen molar-refractivity contribution in [3.63, 3.8) is 0 Å². The Morgan fingerprint density at radius 2 is 2.05 bits per heavy atom. The molecule has 0 radical (unpaired) electrons. The molecule has 2 heterocycles. The van der Waals surface area contributed by atoms with Crippen LogP contribution in [0.2, 0.25) is 0 Å². The van der Waals surface area contributed by atoms with Crippen LogP contribution in [0, 0.1) is 10.1 Å². The van der Waals surface area contributed by atoms with E-state index in [1.54, 1.807) is 0 Å². The van der Waals surface area contributed by atoms with Gasteiger partial charge < -0.3 is 10.1 Å². The topological polar surface area (TPSA) is 115 Å². The molecule has 2 aromatic rings. The second-order valence-corrected chi connectivity index (χ2v) is 7.28. The molecule has 2 rings (SSSR count). The van der Waals surface area contributed by atoms with Crippen molar-refractivity contribution in [2.24, 2.45) is 0 Å². The molecule has 8 nitrogen and oxygen atoms in total. The van der Waals surface area contributed by atoms with Gasteiger partial charge in [0.25, 0.3) is 10.0 Å². The second kappa shape index (κ2) is 5.19. The number of nitrogens with one attached hydrogen (secondary N) is 1. The van der Waals surface area contributed by atoms with Gasteiger partial charge >= 0.3 is 5.82 Å². The van der Waals surface area contributed by atoms with Crippen molar-refractivity contribution in [3.8, 4) is 0 Å². The monoisotopic (exact) mass is 364 g/mol. The van der Waals surface area contributed by atoms with E-state index in [1.165, 1.54) is 6.20 Å². The van der Waals surface area contributed by atoms with Crippen LogP contribution in [0.15, 0.2) is 33.2 Å². The maximum absolute atomic E-state index is 11.9. The van der Waals surface area contributed by atoms with Gasteiger partial charge in [-0.25, -0.2) is 13.4 Å². The molecular formula is C8H5BrN4O4S2. The summed E-state index contributed by atoms with van der Waals surface area (Å²) >= 11 is 4.26. The summed E-state index contributed by atoms with van der Waals surface area (Å²) in [7, 11) is -3.85. The SMILES string of the molecule is O=[N+]([O-])c1ccc(S(=O)(=O)Nc2ncc(Br)s2)cn1. The minimum absolute atomic E-state index is 0.176. The highest BCUT2D eigenvalue weighted by Gasteiger charge is 2.19. The van der Waals surface area contributed by atoms with Gasteiger partial charge in [-0.1, -0.05) is 11.3 Å². The largest absolute Gasteiger partial charge is 0.363 e. The van der Waals surface area contributed by atoms with E-state index in [0.29, 0.717) is 3.79 Å². The maximum Gasteiger partial charge on any atom is 0.363 e. The van der Waals surface area contributed by atoms with Gasteiger partial charge in [0, 0.05) is 6.07 Å². The minimum Gasteiger partial charge on any atom is -0.358 e. The molecule has 0 atom stereocenters. The average molecular weight is 365 g/mol. The Morgan fingerprint density at radius 3 is 2.53 bits per heavy atom. The molecule has 0 saturated carbocycles. The summed E-state index contributed by atoms with van der Waals surface area (Å²) in [4.78, 5) is 16.8. The van der Waals surface area contributed by atoms with Crippen LogP contribution < -0.4 is 4.72 Å². The van der Waals surface area contributed by atoms with Crippen LogP contribution in [-0.4, -0.2) is 23.3 Å². The molecule has 0 aliphatic rings. The predicted molar refractivity (Wildman–Crippen MR) is 71.5 cm³/mol. The molecule has 0 saturated heterocycles. The quantitative estimate of drug-likeness (QED) is 0.655. The van der Waals surface area contributed by atoms with Gasteiger partial charge in [0.2, 0.25) is 0 Å². The van der Waals surface area contributed by atoms with E-state index < -0.39 is 20.8 Å². The summed E-state index contributed by atoms with van der Waals surface area (Å²) in [5.74, 6) is -0.420. The Hall–Kier alpha value is -1.59. The first-order chi connectivity index (χ1) is 8.88. The first kappa shape index (κ1) is 13.8. The van der Waals surface area contributed by atoms with Gasteiger partial charge in [-0.05, 0) is 31.9 Å². The van der Waals surface area contributed by atoms with E-state index in [0.717, 1.165) is 29.7 Å². The van der Waals surface area contributed by atoms with Gasteiger partial charge in [0.1, 0.15) is 4.90 Å². The minimum atomic E-state index is -3.85. The zero-order valence-corrected chi connectivity index (χ0v) is 12.2. The second-order valence-electron chi connectivity index (χ2n) is 3.18. The molecule has 0 fully saturated rings. The van der Waals surface area contributed by atoms with Gasteiger partial charge in [-0.2, -0.15) is 0 Å². The van der Waals surface area contributed by atoms with Crippen LogP contribution in [-0.2, 0) is 10.0 Å². The number of nitrogens with zero attached hydrogens (tertiary/aromatic N) is 3. The van der Waals surface area contributed by atoms with Gasteiger partial charge in [0.15, 0.2) is 11.3 Å². The highest BCUT2D eigenvalue weighted by atomic mass is 79.9. The summed E-state index contributed by atoms with van der Waals surface area (Å²) in [6.07, 6.45) is 2.37. The third-order valence-corrected chi connectivity index (χ3v) is 4.76. The molecule has 0 spiro atoms. The summed E-state index contributed by atoms with van der Waals surface area (Å²) in [6, 6.07) is 2.13. The normalized spacial score (nSPS) is 11.2. The Labute approximate surface area is 119 Å². The van der Waals surface area contributed by atoms with Gasteiger partial charge in [-0.3, -0.25) is 4.72 Å². The maximum atomic E-state index is 11.9. The Balaban J connectivity index is 2.26. The lowest BCUT2D eigenvalue weighted by atomic mass is 10.5. The lowest BCUT2D eigenvalue weighted by molar-refractivity contribution is -0.389. The van der Waals surface area contributed by atoms with Crippen molar-refractivity contribution in [1.29, 1.82) is 0 Å². The fourth-order valence-electron chi connectivity index (χ4n) is 1.11. The van der Waals surface area contributed by atoms with Crippen LogP contribution in [0.1, 0.15) is 0 Å². The number of rotatable bonds is 4. The van der Waals surface area contributed by atoms with Crippen LogP contribution in [0.5, 0.6) is 0 Å². The number of aromatic nitrogens is 2. The third kappa shape index (κ3) is 3.24. The molecule has 0 amide bonds. The molecule has 100 valence electrons. The van der Waals surface area contributed by atoms with Gasteiger partial charge in [0.05, 0.1) is 9.98 Å². The zero-order chi connectivity index (χ0) is 14.0. The van der Waals surface area contributed by atoms with Crippen molar-refractivity contribution >= 4 is 48.2 Å². The molecule has 0 unspecified atom stereocenters. The van der Waals surface area contributed by atoms with E-state index in [-0.39, 0.29) is 10.0 Å². The number of pyridine rings is 1. The number of hydrogen-bond acceptors (Lipinski definition) is 7. The summed E-state index contributed by atoms with van der Waals surface area (Å²) in [5.41, 5.74) is 0. The average Bonchev–Trinajstić information content (AvgIpc) is 2.74. The highest BCUT2D eigenvalue weighted by Crippen LogP contribution is 2.25. The zero-order valence-electron chi connectivity index (χ0n) is 8.98. The molecule has 19 heavy (non-hydrogen) atoms. The van der Waals surface area contributed by atoms with Crippen LogP contribution >= 0.6 is 27.3 Å². The van der Waals surface area contributed by atoms with Crippen LogP contribution in [0.4, 0.5) is 10.9 Å². The summed E-state index contributed by atoms with van der Waals surface area (Å²) in [5, 5.41) is 10.6. The first-order valence-electron chi connectivity index (χ1n) is 4.63. The van der Waals surface area contributed by atoms with Crippen molar-refractivity contribution in [1.82, 2.24) is 9.97 Å². The molecule has 2 aromatic heterocycles. The standard InChI is InChI=1S/C8H5BrN4O4S2/c9-6-4-11-8(18-6)12-19(16,17)5-1-2-7(10-3-5)13(14)15/h1-4H,(H,11,12). The van der Waals surface area contributed by atoms with E-state index in [9.17, 15) is 18.5 Å². The van der Waals surface area contributed by atoms with Crippen LogP contribution in [0.3, 0.4) is 0 Å². The fourth-order valence-corrected chi connectivity index (χ4v) is 3.41. The molecule has 1 N–H and O–H groups in total. The number of halogens is 1. The first-order valence-corrected chi connectivity index (χ1v) is 7.72. The number of thiazole rings is 1. The lowest BCUT2D eigenvalue weighted by Gasteiger charge is -2.02. The lowest BCUT2D eigenvalue weighted by Crippen LogP contribution is -2.13. The molecule has 0 aliphatic carbocycles. The number of sulfonamides is 1. The number of anilines is 1. The fraction of sp³-hybridized carbons (Fsp3) is 0. The molecule has 0 bridgehead atoms. The summed E-state index contributed by atoms with van der Waals surface area (Å²) in [6.45, 7) is 0. The van der Waals surface area contributed by atoms with Crippen molar-refractivity contribution in [3.05, 3.63) is 38.4 Å². The Bertz CT molecular complexity index is 713. The van der Waals surface area contributed by atoms with Gasteiger partial charge in [-0.15, -0.1) is 0 Å². The third-order valence-electron chi connectivity index (χ3n) is 1.92. The van der Waals surface area contributed by atoms with E-state index >= 15 is 0 Å². The van der Waals surface area contributed by atoms with E-state index in [4.69, 9.17) is 0 Å². The Morgan fingerprint density at radius 1 is 1.32 bits per heavy atom. The number of hydrogen-bond donors (Lipinski definition) is 1.